The van der Waals surface area contributed by atoms with E-state index < -0.39 is 5.41 Å². The van der Waals surface area contributed by atoms with Gasteiger partial charge in [-0.3, -0.25) is 9.59 Å². The van der Waals surface area contributed by atoms with Crippen LogP contribution in [-0.2, 0) is 14.3 Å². The molecule has 126 valence electrons. The topological polar surface area (TPSA) is 85.9 Å². The quantitative estimate of drug-likeness (QED) is 0.554. The lowest BCUT2D eigenvalue weighted by molar-refractivity contribution is -0.134. The summed E-state index contributed by atoms with van der Waals surface area (Å²) >= 11 is 0. The first kappa shape index (κ1) is 17.1. The third-order valence-corrected chi connectivity index (χ3v) is 3.85. The second-order valence-electron chi connectivity index (χ2n) is 5.35. The van der Waals surface area contributed by atoms with E-state index in [0.717, 1.165) is 0 Å². The van der Waals surface area contributed by atoms with E-state index >= 15 is 0 Å². The second-order valence-corrected chi connectivity index (χ2v) is 5.35. The molecule has 0 aliphatic heterocycles. The van der Waals surface area contributed by atoms with Crippen LogP contribution in [0.15, 0.2) is 18.2 Å². The van der Waals surface area contributed by atoms with E-state index in [9.17, 15) is 9.59 Å². The zero-order valence-electron chi connectivity index (χ0n) is 13.6. The van der Waals surface area contributed by atoms with E-state index in [1.165, 1.54) is 7.11 Å². The number of benzene rings is 1. The van der Waals surface area contributed by atoms with Gasteiger partial charge in [0.25, 0.3) is 0 Å². The summed E-state index contributed by atoms with van der Waals surface area (Å²) in [4.78, 5) is 24.6. The lowest BCUT2D eigenvalue weighted by atomic mass is 10.1. The Kier molecular flexibility index (Phi) is 5.44. The van der Waals surface area contributed by atoms with Gasteiger partial charge in [0, 0.05) is 25.4 Å². The molecule has 7 nitrogen and oxygen atoms in total. The van der Waals surface area contributed by atoms with Gasteiger partial charge in [-0.25, -0.2) is 0 Å². The van der Waals surface area contributed by atoms with Crippen molar-refractivity contribution in [1.29, 1.82) is 0 Å². The minimum absolute atomic E-state index is 0.257. The van der Waals surface area contributed by atoms with Crippen LogP contribution in [0, 0.1) is 5.41 Å². The molecule has 0 aromatic heterocycles. The Morgan fingerprint density at radius 2 is 1.78 bits per heavy atom. The molecule has 0 spiro atoms. The van der Waals surface area contributed by atoms with Crippen LogP contribution in [0.2, 0.25) is 0 Å². The Bertz CT molecular complexity index is 584. The van der Waals surface area contributed by atoms with Gasteiger partial charge >= 0.3 is 0 Å². The summed E-state index contributed by atoms with van der Waals surface area (Å²) in [5, 5.41) is 5.50. The second kappa shape index (κ2) is 7.32. The van der Waals surface area contributed by atoms with Crippen molar-refractivity contribution < 1.29 is 23.8 Å². The zero-order chi connectivity index (χ0) is 16.9. The standard InChI is InChI=1S/C16H22N2O5/c1-21-9-8-17-14(19)16(6-7-16)15(20)18-11-4-5-12(22-2)13(10-11)23-3/h4-5,10H,6-9H2,1-3H3,(H,17,19)(H,18,20). The number of methoxy groups -OCH3 is 3. The molecule has 7 heteroatoms. The number of ether oxygens (including phenoxy) is 3. The molecule has 0 saturated heterocycles. The third-order valence-electron chi connectivity index (χ3n) is 3.85. The first-order valence-electron chi connectivity index (χ1n) is 7.38. The molecule has 1 aromatic rings. The fourth-order valence-corrected chi connectivity index (χ4v) is 2.28. The average molecular weight is 322 g/mol. The molecule has 2 N–H and O–H groups in total. The molecule has 0 bridgehead atoms. The van der Waals surface area contributed by atoms with Crippen molar-refractivity contribution in [3.8, 4) is 11.5 Å². The van der Waals surface area contributed by atoms with Gasteiger partial charge in [0.15, 0.2) is 11.5 Å². The minimum Gasteiger partial charge on any atom is -0.493 e. The van der Waals surface area contributed by atoms with Crippen LogP contribution in [-0.4, -0.2) is 46.3 Å². The van der Waals surface area contributed by atoms with E-state index in [4.69, 9.17) is 14.2 Å². The van der Waals surface area contributed by atoms with Crippen LogP contribution in [0.5, 0.6) is 11.5 Å². The Morgan fingerprint density at radius 1 is 1.09 bits per heavy atom. The predicted molar refractivity (Wildman–Crippen MR) is 84.7 cm³/mol. The summed E-state index contributed by atoms with van der Waals surface area (Å²) in [6.07, 6.45) is 1.09. The Hall–Kier alpha value is -2.28. The highest BCUT2D eigenvalue weighted by Crippen LogP contribution is 2.47. The number of carbonyl (C=O) groups excluding carboxylic acids is 2. The molecule has 0 unspecified atom stereocenters. The van der Waals surface area contributed by atoms with E-state index in [1.54, 1.807) is 32.4 Å². The van der Waals surface area contributed by atoms with E-state index in [2.05, 4.69) is 10.6 Å². The SMILES string of the molecule is COCCNC(=O)C1(C(=O)Nc2ccc(OC)c(OC)c2)CC1. The predicted octanol–water partition coefficient (Wildman–Crippen LogP) is 1.19. The van der Waals surface area contributed by atoms with Gasteiger partial charge in [0.2, 0.25) is 11.8 Å². The molecule has 2 amide bonds. The van der Waals surface area contributed by atoms with Crippen LogP contribution < -0.4 is 20.1 Å². The summed E-state index contributed by atoms with van der Waals surface area (Å²) in [7, 11) is 4.62. The molecule has 0 atom stereocenters. The smallest absolute Gasteiger partial charge is 0.240 e. The van der Waals surface area contributed by atoms with Gasteiger partial charge in [-0.15, -0.1) is 0 Å². The molecule has 1 saturated carbocycles. The van der Waals surface area contributed by atoms with Crippen LogP contribution in [0.25, 0.3) is 0 Å². The number of carbonyl (C=O) groups is 2. The maximum absolute atomic E-state index is 12.4. The first-order chi connectivity index (χ1) is 11.1. The number of nitrogens with one attached hydrogen (secondary N) is 2. The molecule has 0 radical (unpaired) electrons. The molecule has 1 aromatic carbocycles. The number of hydrogen-bond donors (Lipinski definition) is 2. The lowest BCUT2D eigenvalue weighted by Crippen LogP contribution is -2.41. The Morgan fingerprint density at radius 3 is 2.35 bits per heavy atom. The fraction of sp³-hybridized carbons (Fsp3) is 0.500. The minimum atomic E-state index is -0.971. The van der Waals surface area contributed by atoms with Crippen LogP contribution in [0.1, 0.15) is 12.8 Å². The van der Waals surface area contributed by atoms with Crippen LogP contribution in [0.3, 0.4) is 0 Å². The van der Waals surface area contributed by atoms with E-state index in [0.29, 0.717) is 43.2 Å². The van der Waals surface area contributed by atoms with Crippen molar-refractivity contribution >= 4 is 17.5 Å². The highest BCUT2D eigenvalue weighted by molar-refractivity contribution is 6.13. The van der Waals surface area contributed by atoms with Crippen molar-refractivity contribution in [2.45, 2.75) is 12.8 Å². The van der Waals surface area contributed by atoms with E-state index in [1.807, 2.05) is 0 Å². The average Bonchev–Trinajstić information content (AvgIpc) is 3.36. The number of hydrogen-bond acceptors (Lipinski definition) is 5. The molecule has 1 fully saturated rings. The summed E-state index contributed by atoms with van der Waals surface area (Å²) in [5.74, 6) is 0.524. The van der Waals surface area contributed by atoms with Crippen molar-refractivity contribution in [3.05, 3.63) is 18.2 Å². The van der Waals surface area contributed by atoms with Gasteiger partial charge in [0.1, 0.15) is 5.41 Å². The molecule has 0 heterocycles. The van der Waals surface area contributed by atoms with Gasteiger partial charge in [-0.05, 0) is 25.0 Å². The normalized spacial score (nSPS) is 14.7. The number of amides is 2. The van der Waals surface area contributed by atoms with Crippen molar-refractivity contribution in [3.63, 3.8) is 0 Å². The lowest BCUT2D eigenvalue weighted by Gasteiger charge is -2.16. The largest absolute Gasteiger partial charge is 0.493 e. The molecular weight excluding hydrogens is 300 g/mol. The molecule has 23 heavy (non-hydrogen) atoms. The van der Waals surface area contributed by atoms with Crippen molar-refractivity contribution in [2.75, 3.05) is 39.8 Å². The van der Waals surface area contributed by atoms with Gasteiger partial charge in [-0.2, -0.15) is 0 Å². The third kappa shape index (κ3) is 3.73. The zero-order valence-corrected chi connectivity index (χ0v) is 13.6. The van der Waals surface area contributed by atoms with Gasteiger partial charge < -0.3 is 24.8 Å². The number of anilines is 1. The molecular formula is C16H22N2O5. The molecule has 2 rings (SSSR count). The Labute approximate surface area is 135 Å². The van der Waals surface area contributed by atoms with Crippen LogP contribution >= 0.6 is 0 Å². The van der Waals surface area contributed by atoms with Gasteiger partial charge in [0.05, 0.1) is 20.8 Å². The summed E-state index contributed by atoms with van der Waals surface area (Å²) < 4.78 is 15.2. The molecule has 1 aliphatic carbocycles. The fourth-order valence-electron chi connectivity index (χ4n) is 2.28. The van der Waals surface area contributed by atoms with E-state index in [-0.39, 0.29) is 11.8 Å². The highest BCUT2D eigenvalue weighted by Gasteiger charge is 2.56. The van der Waals surface area contributed by atoms with Crippen LogP contribution in [0.4, 0.5) is 5.69 Å². The first-order valence-corrected chi connectivity index (χ1v) is 7.38. The highest BCUT2D eigenvalue weighted by atomic mass is 16.5. The van der Waals surface area contributed by atoms with Gasteiger partial charge in [-0.1, -0.05) is 0 Å². The Balaban J connectivity index is 2.02. The number of rotatable bonds is 8. The summed E-state index contributed by atoms with van der Waals surface area (Å²) in [5.41, 5.74) is -0.412. The summed E-state index contributed by atoms with van der Waals surface area (Å²) in [6, 6.07) is 5.07. The van der Waals surface area contributed by atoms with Crippen molar-refractivity contribution in [1.82, 2.24) is 5.32 Å². The molecule has 1 aliphatic rings. The van der Waals surface area contributed by atoms with Crippen molar-refractivity contribution in [2.24, 2.45) is 5.41 Å². The monoisotopic (exact) mass is 322 g/mol. The maximum atomic E-state index is 12.4. The summed E-state index contributed by atoms with van der Waals surface area (Å²) in [6.45, 7) is 0.805. The maximum Gasteiger partial charge on any atom is 0.240 e.